The number of ketones is 1. The maximum atomic E-state index is 13.0. The molecule has 0 fully saturated rings. The van der Waals surface area contributed by atoms with Gasteiger partial charge in [-0.25, -0.2) is 4.57 Å². The molecule has 132 valence electrons. The van der Waals surface area contributed by atoms with Crippen LogP contribution in [0.2, 0.25) is 0 Å². The maximum absolute atomic E-state index is 13.0. The molecule has 4 aromatic rings. The van der Waals surface area contributed by atoms with Gasteiger partial charge in [0.1, 0.15) is 11.4 Å². The van der Waals surface area contributed by atoms with Crippen LogP contribution in [0.1, 0.15) is 32.1 Å². The van der Waals surface area contributed by atoms with Crippen molar-refractivity contribution in [3.05, 3.63) is 89.5 Å². The van der Waals surface area contributed by atoms with Crippen LogP contribution < -0.4 is 0 Å². The lowest BCUT2D eigenvalue weighted by Gasteiger charge is -2.05. The molecule has 0 unspecified atom stereocenters. The highest BCUT2D eigenvalue weighted by Crippen LogP contribution is 2.34. The molecule has 0 aliphatic rings. The standard InChI is InChI=1S/C21H15N3O3/c1-13-8-9-14-17(12-13)24(20(26)16-7-3-5-11-23-16)21(27)18(14)19(25)15-6-2-4-10-22-15/h2-12,27H,1H3. The van der Waals surface area contributed by atoms with E-state index in [1.54, 1.807) is 48.5 Å². The number of pyridine rings is 2. The average Bonchev–Trinajstić information content (AvgIpc) is 2.99. The van der Waals surface area contributed by atoms with Crippen LogP contribution in [0.15, 0.2) is 67.0 Å². The molecule has 1 N–H and O–H groups in total. The molecular weight excluding hydrogens is 342 g/mol. The summed E-state index contributed by atoms with van der Waals surface area (Å²) in [6, 6.07) is 15.2. The highest BCUT2D eigenvalue weighted by atomic mass is 16.3. The van der Waals surface area contributed by atoms with Crippen molar-refractivity contribution in [1.29, 1.82) is 0 Å². The second kappa shape index (κ2) is 6.49. The maximum Gasteiger partial charge on any atom is 0.283 e. The fraction of sp³-hybridized carbons (Fsp3) is 0.0476. The molecule has 6 heteroatoms. The molecule has 0 spiro atoms. The Morgan fingerprint density at radius 1 is 0.926 bits per heavy atom. The Kier molecular flexibility index (Phi) is 4.01. The van der Waals surface area contributed by atoms with Crippen LogP contribution in [0, 0.1) is 6.92 Å². The number of carbonyl (C=O) groups is 2. The summed E-state index contributed by atoms with van der Waals surface area (Å²) in [5.74, 6) is -1.37. The van der Waals surface area contributed by atoms with E-state index in [4.69, 9.17) is 0 Å². The highest BCUT2D eigenvalue weighted by Gasteiger charge is 2.27. The topological polar surface area (TPSA) is 85.1 Å². The van der Waals surface area contributed by atoms with Crippen molar-refractivity contribution >= 4 is 22.6 Å². The van der Waals surface area contributed by atoms with Gasteiger partial charge in [-0.15, -0.1) is 0 Å². The number of rotatable bonds is 3. The van der Waals surface area contributed by atoms with Gasteiger partial charge in [0.2, 0.25) is 11.7 Å². The van der Waals surface area contributed by atoms with E-state index in [0.717, 1.165) is 10.1 Å². The minimum atomic E-state index is -0.510. The molecule has 0 bridgehead atoms. The van der Waals surface area contributed by atoms with E-state index in [-0.39, 0.29) is 17.0 Å². The molecule has 27 heavy (non-hydrogen) atoms. The number of benzene rings is 1. The van der Waals surface area contributed by atoms with Crippen LogP contribution in [0.25, 0.3) is 10.9 Å². The fourth-order valence-corrected chi connectivity index (χ4v) is 3.04. The molecule has 0 aliphatic carbocycles. The van der Waals surface area contributed by atoms with Crippen molar-refractivity contribution in [2.75, 3.05) is 0 Å². The SMILES string of the molecule is Cc1ccc2c(C(=O)c3ccccn3)c(O)n(C(=O)c3ccccn3)c2c1. The zero-order valence-electron chi connectivity index (χ0n) is 14.5. The normalized spacial score (nSPS) is 10.9. The summed E-state index contributed by atoms with van der Waals surface area (Å²) in [6.45, 7) is 1.87. The first-order valence-corrected chi connectivity index (χ1v) is 8.33. The molecule has 0 saturated carbocycles. The average molecular weight is 357 g/mol. The molecule has 3 aromatic heterocycles. The summed E-state index contributed by atoms with van der Waals surface area (Å²) < 4.78 is 1.13. The van der Waals surface area contributed by atoms with E-state index in [9.17, 15) is 14.7 Å². The van der Waals surface area contributed by atoms with Crippen LogP contribution in [0.3, 0.4) is 0 Å². The van der Waals surface area contributed by atoms with Gasteiger partial charge in [0.25, 0.3) is 5.91 Å². The molecular formula is C21H15N3O3. The van der Waals surface area contributed by atoms with E-state index >= 15 is 0 Å². The summed E-state index contributed by atoms with van der Waals surface area (Å²) in [7, 11) is 0. The quantitative estimate of drug-likeness (QED) is 0.568. The van der Waals surface area contributed by atoms with Gasteiger partial charge < -0.3 is 5.11 Å². The van der Waals surface area contributed by atoms with E-state index < -0.39 is 17.6 Å². The van der Waals surface area contributed by atoms with Crippen molar-refractivity contribution in [3.63, 3.8) is 0 Å². The third kappa shape index (κ3) is 2.77. The smallest absolute Gasteiger partial charge is 0.283 e. The Balaban J connectivity index is 1.98. The number of hydrogen-bond acceptors (Lipinski definition) is 5. The lowest BCUT2D eigenvalue weighted by atomic mass is 10.0. The van der Waals surface area contributed by atoms with Crippen LogP contribution in [0.4, 0.5) is 0 Å². The van der Waals surface area contributed by atoms with Gasteiger partial charge in [0.05, 0.1) is 11.1 Å². The summed E-state index contributed by atoms with van der Waals surface area (Å²) in [5, 5.41) is 11.3. The molecule has 0 saturated heterocycles. The minimum Gasteiger partial charge on any atom is -0.494 e. The number of nitrogens with zero attached hydrogens (tertiary/aromatic N) is 3. The predicted molar refractivity (Wildman–Crippen MR) is 100.0 cm³/mol. The van der Waals surface area contributed by atoms with E-state index in [2.05, 4.69) is 9.97 Å². The van der Waals surface area contributed by atoms with Crippen LogP contribution in [-0.2, 0) is 0 Å². The molecule has 0 radical (unpaired) electrons. The molecule has 1 aromatic carbocycles. The van der Waals surface area contributed by atoms with Crippen molar-refractivity contribution in [3.8, 4) is 5.88 Å². The number of aromatic hydroxyl groups is 1. The number of fused-ring (bicyclic) bond motifs is 1. The summed E-state index contributed by atoms with van der Waals surface area (Å²) >= 11 is 0. The third-order valence-electron chi connectivity index (χ3n) is 4.31. The monoisotopic (exact) mass is 357 g/mol. The number of carbonyl (C=O) groups excluding carboxylic acids is 2. The largest absolute Gasteiger partial charge is 0.494 e. The van der Waals surface area contributed by atoms with Crippen molar-refractivity contribution in [2.24, 2.45) is 0 Å². The zero-order chi connectivity index (χ0) is 19.0. The third-order valence-corrected chi connectivity index (χ3v) is 4.31. The molecule has 6 nitrogen and oxygen atoms in total. The first-order valence-electron chi connectivity index (χ1n) is 8.33. The van der Waals surface area contributed by atoms with Crippen LogP contribution >= 0.6 is 0 Å². The molecule has 0 aliphatic heterocycles. The molecule has 4 rings (SSSR count). The van der Waals surface area contributed by atoms with Gasteiger partial charge in [-0.05, 0) is 42.8 Å². The van der Waals surface area contributed by atoms with Gasteiger partial charge in [0, 0.05) is 17.8 Å². The Bertz CT molecular complexity index is 1170. The number of aromatic nitrogens is 3. The lowest BCUT2D eigenvalue weighted by molar-refractivity contribution is 0.0951. The Hall–Kier alpha value is -3.80. The molecule has 3 heterocycles. The summed E-state index contributed by atoms with van der Waals surface area (Å²) in [5.41, 5.74) is 1.75. The molecule has 0 atom stereocenters. The number of hydrogen-bond donors (Lipinski definition) is 1. The zero-order valence-corrected chi connectivity index (χ0v) is 14.5. The van der Waals surface area contributed by atoms with Gasteiger partial charge in [-0.3, -0.25) is 19.6 Å². The second-order valence-corrected chi connectivity index (χ2v) is 6.12. The van der Waals surface area contributed by atoms with Gasteiger partial charge in [-0.1, -0.05) is 24.3 Å². The lowest BCUT2D eigenvalue weighted by Crippen LogP contribution is -2.13. The Morgan fingerprint density at radius 3 is 2.22 bits per heavy atom. The van der Waals surface area contributed by atoms with E-state index in [1.807, 2.05) is 13.0 Å². The highest BCUT2D eigenvalue weighted by molar-refractivity contribution is 6.19. The van der Waals surface area contributed by atoms with Gasteiger partial charge >= 0.3 is 0 Å². The van der Waals surface area contributed by atoms with Crippen molar-refractivity contribution in [1.82, 2.24) is 14.5 Å². The van der Waals surface area contributed by atoms with Crippen molar-refractivity contribution < 1.29 is 14.7 Å². The fourth-order valence-electron chi connectivity index (χ4n) is 3.04. The first kappa shape index (κ1) is 16.7. The minimum absolute atomic E-state index is 0.0491. The van der Waals surface area contributed by atoms with Gasteiger partial charge in [0.15, 0.2) is 0 Å². The summed E-state index contributed by atoms with van der Waals surface area (Å²) in [4.78, 5) is 34.1. The predicted octanol–water partition coefficient (Wildman–Crippen LogP) is 3.36. The number of aryl methyl sites for hydroxylation is 1. The van der Waals surface area contributed by atoms with Crippen molar-refractivity contribution in [2.45, 2.75) is 6.92 Å². The molecule has 0 amide bonds. The van der Waals surface area contributed by atoms with E-state index in [0.29, 0.717) is 10.9 Å². The Morgan fingerprint density at radius 2 is 1.59 bits per heavy atom. The van der Waals surface area contributed by atoms with E-state index in [1.165, 1.54) is 12.4 Å². The summed E-state index contributed by atoms with van der Waals surface area (Å²) in [6.07, 6.45) is 3.01. The second-order valence-electron chi connectivity index (χ2n) is 6.12. The Labute approximate surface area is 154 Å². The van der Waals surface area contributed by atoms with Gasteiger partial charge in [-0.2, -0.15) is 0 Å². The first-order chi connectivity index (χ1) is 13.1. The van der Waals surface area contributed by atoms with Crippen LogP contribution in [0.5, 0.6) is 5.88 Å². The van der Waals surface area contributed by atoms with Crippen LogP contribution in [-0.4, -0.2) is 31.3 Å².